The van der Waals surface area contributed by atoms with Crippen LogP contribution >= 0.6 is 0 Å². The third-order valence-corrected chi connectivity index (χ3v) is 8.54. The normalized spacial score (nSPS) is 17.1. The van der Waals surface area contributed by atoms with Crippen LogP contribution in [0.25, 0.3) is 106 Å². The first-order chi connectivity index (χ1) is 33.2. The SMILES string of the molecule is [2H]c1c([2H])c([2H])c(-c2c([2H])c([2H])c([2H])c(-c3nc(-c4cccc5c4oc4ccccc45)nc(-n4c5c([2H])c([2H])c([2H])c([2H])c5c5c6oc7c([2H])c([2H])c([2H])c([2H])c7c6c([2H])c([2H])c54)n3)c2[2H])c([2H])c1[2H]. The lowest BCUT2D eigenvalue weighted by Crippen LogP contribution is -2.06. The van der Waals surface area contributed by atoms with Gasteiger partial charge in [0.25, 0.3) is 0 Å². The Hall–Kier alpha value is -7.05. The summed E-state index contributed by atoms with van der Waals surface area (Å²) in [5.41, 5.74) is -2.44. The van der Waals surface area contributed by atoms with E-state index in [4.69, 9.17) is 36.6 Å². The topological polar surface area (TPSA) is 69.9 Å². The lowest BCUT2D eigenvalue weighted by atomic mass is 10.0. The zero-order valence-electron chi connectivity index (χ0n) is 44.6. The van der Waals surface area contributed by atoms with Crippen molar-refractivity contribution in [1.29, 1.82) is 0 Å². The Kier molecular flexibility index (Phi) is 3.20. The number of hydrogen-bond acceptors (Lipinski definition) is 5. The molecule has 0 unspecified atom stereocenters. The van der Waals surface area contributed by atoms with Crippen LogP contribution in [0.5, 0.6) is 0 Å². The van der Waals surface area contributed by atoms with Gasteiger partial charge in [-0.05, 0) is 53.5 Å². The monoisotopic (exact) mass is 673 g/mol. The third-order valence-electron chi connectivity index (χ3n) is 8.54. The summed E-state index contributed by atoms with van der Waals surface area (Å²) < 4.78 is 182. The largest absolute Gasteiger partial charge is 0.455 e. The highest BCUT2D eigenvalue weighted by molar-refractivity contribution is 6.23. The van der Waals surface area contributed by atoms with Gasteiger partial charge < -0.3 is 8.83 Å². The van der Waals surface area contributed by atoms with Crippen molar-refractivity contribution in [1.82, 2.24) is 19.5 Å². The summed E-state index contributed by atoms with van der Waals surface area (Å²) in [7, 11) is 0. The number of furan rings is 2. The molecule has 4 heterocycles. The van der Waals surface area contributed by atoms with Crippen molar-refractivity contribution in [3.63, 3.8) is 0 Å². The molecule has 11 aromatic rings. The quantitative estimate of drug-likeness (QED) is 0.186. The van der Waals surface area contributed by atoms with Gasteiger partial charge in [0.2, 0.25) is 5.95 Å². The maximum Gasteiger partial charge on any atom is 0.238 e. The van der Waals surface area contributed by atoms with Crippen LogP contribution in [0, 0.1) is 0 Å². The average molecular weight is 674 g/mol. The van der Waals surface area contributed by atoms with E-state index in [-0.39, 0.29) is 55.1 Å². The fraction of sp³-hybridized carbons (Fsp3) is 0. The Morgan fingerprint density at radius 2 is 1.22 bits per heavy atom. The minimum Gasteiger partial charge on any atom is -0.455 e. The smallest absolute Gasteiger partial charge is 0.238 e. The van der Waals surface area contributed by atoms with E-state index in [1.165, 1.54) is 0 Å². The second-order valence-electron chi connectivity index (χ2n) is 11.4. The maximum absolute atomic E-state index is 9.58. The Balaban J connectivity index is 1.35. The Morgan fingerprint density at radius 1 is 0.471 bits per heavy atom. The van der Waals surface area contributed by atoms with E-state index < -0.39 is 149 Å². The van der Waals surface area contributed by atoms with Crippen LogP contribution in [0.4, 0.5) is 0 Å². The highest BCUT2D eigenvalue weighted by Crippen LogP contribution is 2.41. The third kappa shape index (κ3) is 4.20. The van der Waals surface area contributed by atoms with Gasteiger partial charge in [-0.3, -0.25) is 4.57 Å². The van der Waals surface area contributed by atoms with E-state index in [0.717, 1.165) is 4.57 Å². The number of nitrogens with zero attached hydrogens (tertiary/aromatic N) is 4. The van der Waals surface area contributed by atoms with E-state index in [2.05, 4.69) is 4.98 Å². The van der Waals surface area contributed by atoms with Crippen LogP contribution in [0.3, 0.4) is 0 Å². The molecule has 0 aliphatic carbocycles. The maximum atomic E-state index is 9.58. The number of benzene rings is 7. The molecule has 0 N–H and O–H groups in total. The number of hydrogen-bond donors (Lipinski definition) is 0. The molecule has 0 bridgehead atoms. The number of aromatic nitrogens is 4. The molecular formula is C45H26N4O2. The first-order valence-corrected chi connectivity index (χ1v) is 15.4. The molecule has 0 spiro atoms. The molecule has 0 aliphatic rings. The molecule has 0 amide bonds. The van der Waals surface area contributed by atoms with Crippen LogP contribution in [-0.4, -0.2) is 19.5 Å². The van der Waals surface area contributed by atoms with E-state index in [9.17, 15) is 8.22 Å². The van der Waals surface area contributed by atoms with E-state index in [1.54, 1.807) is 36.4 Å². The van der Waals surface area contributed by atoms with Gasteiger partial charge >= 0.3 is 0 Å². The fourth-order valence-electron chi connectivity index (χ4n) is 6.35. The standard InChI is InChI=1S/C45H26N4O2/c1-2-12-27(13-3-1)28-14-10-15-29(26-28)43-46-44(35-20-11-19-32-30-16-5-8-22-38(30)50-41(32)35)48-45(47-43)49-36-21-7-4-18-34(36)40-37(49)25-24-33-31-17-6-9-23-39(31)51-42(33)40/h1-26H/i1D,2D,3D,4D,6D,7D,9D,10D,12D,13D,14D,15D,17D,18D,21D,23D,24D,25D,26D. The van der Waals surface area contributed by atoms with E-state index in [1.807, 2.05) is 6.07 Å². The van der Waals surface area contributed by atoms with E-state index >= 15 is 0 Å². The molecular weight excluding hydrogens is 629 g/mol. The first kappa shape index (κ1) is 15.2. The van der Waals surface area contributed by atoms with Gasteiger partial charge in [-0.2, -0.15) is 9.97 Å². The van der Waals surface area contributed by atoms with E-state index in [0.29, 0.717) is 16.4 Å². The van der Waals surface area contributed by atoms with Gasteiger partial charge in [0.15, 0.2) is 11.6 Å². The summed E-state index contributed by atoms with van der Waals surface area (Å²) in [5.74, 6) is -1.42. The zero-order chi connectivity index (χ0) is 50.0. The van der Waals surface area contributed by atoms with Crippen LogP contribution in [-0.2, 0) is 0 Å². The summed E-state index contributed by atoms with van der Waals surface area (Å²) in [6.45, 7) is 0. The fourth-order valence-corrected chi connectivity index (χ4v) is 6.35. The van der Waals surface area contributed by atoms with Crippen LogP contribution in [0.1, 0.15) is 26.0 Å². The van der Waals surface area contributed by atoms with Gasteiger partial charge in [0.1, 0.15) is 22.3 Å². The predicted octanol–water partition coefficient (Wildman–Crippen LogP) is 11.8. The molecule has 0 radical (unpaired) electrons. The lowest BCUT2D eigenvalue weighted by Gasteiger charge is -2.12. The minimum atomic E-state index is -0.851. The van der Waals surface area contributed by atoms with Crippen molar-refractivity contribution in [2.24, 2.45) is 0 Å². The Labute approximate surface area is 317 Å². The molecule has 238 valence electrons. The van der Waals surface area contributed by atoms with Crippen molar-refractivity contribution >= 4 is 65.7 Å². The number of rotatable bonds is 4. The van der Waals surface area contributed by atoms with Crippen molar-refractivity contribution < 1.29 is 34.9 Å². The van der Waals surface area contributed by atoms with Gasteiger partial charge in [-0.15, -0.1) is 0 Å². The molecule has 11 rings (SSSR count). The molecule has 0 saturated carbocycles. The molecule has 6 nitrogen and oxygen atoms in total. The summed E-state index contributed by atoms with van der Waals surface area (Å²) in [5, 5.41) is 0.254. The molecule has 0 fully saturated rings. The van der Waals surface area contributed by atoms with Crippen molar-refractivity contribution in [3.05, 3.63) is 157 Å². The number of para-hydroxylation sites is 4. The molecule has 0 aliphatic heterocycles. The lowest BCUT2D eigenvalue weighted by molar-refractivity contribution is 0.669. The molecule has 4 aromatic heterocycles. The van der Waals surface area contributed by atoms with Crippen molar-refractivity contribution in [2.45, 2.75) is 0 Å². The second-order valence-corrected chi connectivity index (χ2v) is 11.4. The summed E-state index contributed by atoms with van der Waals surface area (Å²) >= 11 is 0. The van der Waals surface area contributed by atoms with Crippen molar-refractivity contribution in [3.8, 4) is 39.9 Å². The molecule has 51 heavy (non-hydrogen) atoms. The highest BCUT2D eigenvalue weighted by Gasteiger charge is 2.23. The second kappa shape index (κ2) is 10.7. The Bertz CT molecular complexity index is 4230. The molecule has 0 saturated heterocycles. The van der Waals surface area contributed by atoms with Gasteiger partial charge in [-0.25, -0.2) is 4.98 Å². The van der Waals surface area contributed by atoms with Gasteiger partial charge in [-0.1, -0.05) is 115 Å². The zero-order valence-corrected chi connectivity index (χ0v) is 25.6. The minimum absolute atomic E-state index is 0.170. The summed E-state index contributed by atoms with van der Waals surface area (Å²) in [6, 6.07) is -1.83. The summed E-state index contributed by atoms with van der Waals surface area (Å²) in [6.07, 6.45) is 0. The predicted molar refractivity (Wildman–Crippen MR) is 205 cm³/mol. The first-order valence-electron chi connectivity index (χ1n) is 24.9. The van der Waals surface area contributed by atoms with Crippen molar-refractivity contribution in [2.75, 3.05) is 0 Å². The van der Waals surface area contributed by atoms with Crippen LogP contribution in [0.2, 0.25) is 0 Å². The average Bonchev–Trinajstić information content (AvgIpc) is 4.05. The van der Waals surface area contributed by atoms with Crippen LogP contribution < -0.4 is 0 Å². The highest BCUT2D eigenvalue weighted by atomic mass is 16.3. The number of fused-ring (bicyclic) bond motifs is 10. The van der Waals surface area contributed by atoms with Gasteiger partial charge in [0.05, 0.1) is 48.0 Å². The van der Waals surface area contributed by atoms with Crippen LogP contribution in [0.15, 0.2) is 166 Å². The molecule has 0 atom stereocenters. The Morgan fingerprint density at radius 3 is 2.16 bits per heavy atom. The summed E-state index contributed by atoms with van der Waals surface area (Å²) in [4.78, 5) is 14.2. The molecule has 7 aromatic carbocycles. The van der Waals surface area contributed by atoms with Gasteiger partial charge in [0, 0.05) is 32.5 Å². The molecule has 6 heteroatoms.